The standard InChI is InChI=1S/C59H37NO2/c1-2-16-40(17-3-1)44-19-9-13-26-52(44)60(43-33-31-39(32-34-43)42-30-29-38-15-4-5-18-41(38)37-42)53-27-14-28-54-57(53)61-55-36-35-51-56(58(55)62-54)47-22-8-12-25-50(47)59(51)48-23-10-6-20-45(48)46-21-7-11-24-49(46)59/h1-37H. The van der Waals surface area contributed by atoms with Gasteiger partial charge < -0.3 is 14.4 Å². The molecule has 3 nitrogen and oxygen atoms in total. The van der Waals surface area contributed by atoms with E-state index in [4.69, 9.17) is 9.47 Å². The van der Waals surface area contributed by atoms with Crippen LogP contribution in [0.25, 0.3) is 55.3 Å². The second kappa shape index (κ2) is 13.4. The summed E-state index contributed by atoms with van der Waals surface area (Å²) >= 11 is 0. The molecule has 10 aromatic rings. The Hall–Kier alpha value is -8.14. The zero-order valence-electron chi connectivity index (χ0n) is 33.6. The topological polar surface area (TPSA) is 21.7 Å². The van der Waals surface area contributed by atoms with E-state index in [0.717, 1.165) is 45.1 Å². The predicted molar refractivity (Wildman–Crippen MR) is 252 cm³/mol. The summed E-state index contributed by atoms with van der Waals surface area (Å²) in [5.74, 6) is 2.77. The average molecular weight is 792 g/mol. The van der Waals surface area contributed by atoms with Crippen LogP contribution in [0, 0.1) is 0 Å². The van der Waals surface area contributed by atoms with E-state index < -0.39 is 5.41 Å². The molecule has 0 atom stereocenters. The summed E-state index contributed by atoms with van der Waals surface area (Å²) in [5.41, 5.74) is 16.9. The van der Waals surface area contributed by atoms with Gasteiger partial charge in [0.15, 0.2) is 23.0 Å². The molecule has 3 heteroatoms. The molecule has 0 aromatic heterocycles. The molecule has 0 saturated heterocycles. The molecule has 0 bridgehead atoms. The Kier molecular flexibility index (Phi) is 7.52. The van der Waals surface area contributed by atoms with Gasteiger partial charge in [0, 0.05) is 16.8 Å². The fourth-order valence-electron chi connectivity index (χ4n) is 10.5. The lowest BCUT2D eigenvalue weighted by atomic mass is 9.70. The average Bonchev–Trinajstić information content (AvgIpc) is 3.82. The highest BCUT2D eigenvalue weighted by Crippen LogP contribution is 2.67. The van der Waals surface area contributed by atoms with Gasteiger partial charge in [0.25, 0.3) is 0 Å². The van der Waals surface area contributed by atoms with Crippen molar-refractivity contribution in [2.75, 3.05) is 4.90 Å². The number of hydrogen-bond donors (Lipinski definition) is 0. The highest BCUT2D eigenvalue weighted by molar-refractivity contribution is 5.99. The maximum atomic E-state index is 7.19. The summed E-state index contributed by atoms with van der Waals surface area (Å²) in [6.45, 7) is 0. The maximum absolute atomic E-state index is 7.19. The van der Waals surface area contributed by atoms with Crippen LogP contribution in [0.2, 0.25) is 0 Å². The SMILES string of the molecule is c1ccc(-c2ccccc2N(c2ccc(-c3ccc4ccccc4c3)cc2)c2cccc3c2Oc2ccc4c(c2O3)-c2ccccc2C42c3ccccc3-c3ccccc32)cc1. The number of fused-ring (bicyclic) bond motifs is 14. The second-order valence-electron chi connectivity index (χ2n) is 16.3. The molecule has 62 heavy (non-hydrogen) atoms. The van der Waals surface area contributed by atoms with E-state index in [2.05, 4.69) is 223 Å². The fourth-order valence-corrected chi connectivity index (χ4v) is 10.5. The third-order valence-corrected chi connectivity index (χ3v) is 13.1. The minimum absolute atomic E-state index is 0.476. The van der Waals surface area contributed by atoms with Crippen LogP contribution in [0.3, 0.4) is 0 Å². The van der Waals surface area contributed by atoms with Gasteiger partial charge in [-0.25, -0.2) is 0 Å². The first-order valence-corrected chi connectivity index (χ1v) is 21.2. The third-order valence-electron chi connectivity index (χ3n) is 13.1. The summed E-state index contributed by atoms with van der Waals surface area (Å²) < 4.78 is 14.4. The molecular formula is C59H37NO2. The monoisotopic (exact) mass is 791 g/mol. The van der Waals surface area contributed by atoms with Gasteiger partial charge in [-0.15, -0.1) is 0 Å². The number of para-hydroxylation sites is 2. The molecule has 1 aliphatic heterocycles. The molecule has 0 saturated carbocycles. The van der Waals surface area contributed by atoms with Crippen molar-refractivity contribution in [2.45, 2.75) is 5.41 Å². The van der Waals surface area contributed by atoms with E-state index in [1.165, 1.54) is 55.3 Å². The Balaban J connectivity index is 0.972. The van der Waals surface area contributed by atoms with Gasteiger partial charge in [0.1, 0.15) is 0 Å². The third kappa shape index (κ3) is 4.94. The zero-order valence-corrected chi connectivity index (χ0v) is 33.6. The molecule has 0 unspecified atom stereocenters. The Morgan fingerprint density at radius 3 is 1.65 bits per heavy atom. The molecule has 0 N–H and O–H groups in total. The maximum Gasteiger partial charge on any atom is 0.194 e. The number of anilines is 3. The summed E-state index contributed by atoms with van der Waals surface area (Å²) in [7, 11) is 0. The first kappa shape index (κ1) is 34.7. The van der Waals surface area contributed by atoms with Crippen LogP contribution >= 0.6 is 0 Å². The quantitative estimate of drug-likeness (QED) is 0.173. The molecule has 0 amide bonds. The van der Waals surface area contributed by atoms with Crippen LogP contribution in [0.5, 0.6) is 23.0 Å². The lowest BCUT2D eigenvalue weighted by Gasteiger charge is -2.33. The first-order chi connectivity index (χ1) is 30.8. The molecule has 10 aromatic carbocycles. The smallest absolute Gasteiger partial charge is 0.194 e. The second-order valence-corrected chi connectivity index (χ2v) is 16.3. The molecule has 1 heterocycles. The molecule has 13 rings (SSSR count). The number of rotatable bonds is 5. The van der Waals surface area contributed by atoms with Crippen molar-refractivity contribution in [1.29, 1.82) is 0 Å². The number of ether oxygens (including phenoxy) is 2. The van der Waals surface area contributed by atoms with Gasteiger partial charge in [0.05, 0.1) is 16.8 Å². The van der Waals surface area contributed by atoms with Crippen LogP contribution in [-0.2, 0) is 5.41 Å². The van der Waals surface area contributed by atoms with E-state index >= 15 is 0 Å². The molecule has 2 aliphatic carbocycles. The van der Waals surface area contributed by atoms with Crippen LogP contribution in [0.4, 0.5) is 17.1 Å². The van der Waals surface area contributed by atoms with Crippen LogP contribution in [0.15, 0.2) is 224 Å². The van der Waals surface area contributed by atoms with Gasteiger partial charge in [-0.3, -0.25) is 0 Å². The predicted octanol–water partition coefficient (Wildman–Crippen LogP) is 15.9. The summed E-state index contributed by atoms with van der Waals surface area (Å²) in [6, 6.07) is 80.5. The Labute approximate surface area is 360 Å². The van der Waals surface area contributed by atoms with Crippen LogP contribution in [-0.4, -0.2) is 0 Å². The van der Waals surface area contributed by atoms with Crippen LogP contribution in [0.1, 0.15) is 22.3 Å². The Bertz CT molecular complexity index is 3380. The van der Waals surface area contributed by atoms with Gasteiger partial charge in [-0.1, -0.05) is 182 Å². The number of benzene rings is 10. The molecule has 1 spiro atoms. The number of hydrogen-bond acceptors (Lipinski definition) is 3. The Morgan fingerprint density at radius 2 is 0.887 bits per heavy atom. The molecule has 290 valence electrons. The minimum atomic E-state index is -0.476. The van der Waals surface area contributed by atoms with Gasteiger partial charge in [-0.2, -0.15) is 0 Å². The van der Waals surface area contributed by atoms with E-state index in [9.17, 15) is 0 Å². The van der Waals surface area contributed by atoms with Crippen molar-refractivity contribution in [3.05, 3.63) is 247 Å². The lowest BCUT2D eigenvalue weighted by Crippen LogP contribution is -2.25. The van der Waals surface area contributed by atoms with Crippen molar-refractivity contribution in [1.82, 2.24) is 0 Å². The minimum Gasteiger partial charge on any atom is -0.449 e. The highest BCUT2D eigenvalue weighted by atomic mass is 16.6. The molecular weight excluding hydrogens is 755 g/mol. The summed E-state index contributed by atoms with van der Waals surface area (Å²) in [6.07, 6.45) is 0. The van der Waals surface area contributed by atoms with Crippen LogP contribution < -0.4 is 14.4 Å². The number of nitrogens with zero attached hydrogens (tertiary/aromatic N) is 1. The highest BCUT2D eigenvalue weighted by Gasteiger charge is 2.53. The van der Waals surface area contributed by atoms with Gasteiger partial charge >= 0.3 is 0 Å². The van der Waals surface area contributed by atoms with Crippen molar-refractivity contribution >= 4 is 27.8 Å². The van der Waals surface area contributed by atoms with Gasteiger partial charge in [0.2, 0.25) is 0 Å². The zero-order chi connectivity index (χ0) is 40.8. The fraction of sp³-hybridized carbons (Fsp3) is 0.0169. The summed E-state index contributed by atoms with van der Waals surface area (Å²) in [4.78, 5) is 2.31. The van der Waals surface area contributed by atoms with Crippen molar-refractivity contribution < 1.29 is 9.47 Å². The van der Waals surface area contributed by atoms with Crippen molar-refractivity contribution in [3.8, 4) is 67.5 Å². The normalized spacial score (nSPS) is 13.2. The van der Waals surface area contributed by atoms with Gasteiger partial charge in [-0.05, 0) is 109 Å². The largest absolute Gasteiger partial charge is 0.449 e. The van der Waals surface area contributed by atoms with E-state index in [1.807, 2.05) is 6.07 Å². The molecule has 3 aliphatic rings. The van der Waals surface area contributed by atoms with E-state index in [-0.39, 0.29) is 0 Å². The molecule has 0 radical (unpaired) electrons. The van der Waals surface area contributed by atoms with E-state index in [0.29, 0.717) is 17.2 Å². The first-order valence-electron chi connectivity index (χ1n) is 21.2. The summed E-state index contributed by atoms with van der Waals surface area (Å²) in [5, 5.41) is 2.46. The lowest BCUT2D eigenvalue weighted by molar-refractivity contribution is 0.361. The molecule has 0 fully saturated rings. The van der Waals surface area contributed by atoms with Crippen molar-refractivity contribution in [3.63, 3.8) is 0 Å². The van der Waals surface area contributed by atoms with Crippen molar-refractivity contribution in [2.24, 2.45) is 0 Å². The Morgan fingerprint density at radius 1 is 0.323 bits per heavy atom. The van der Waals surface area contributed by atoms with E-state index in [1.54, 1.807) is 0 Å².